The molecule has 1 unspecified atom stereocenters. The number of aliphatic carboxylic acids is 1. The highest BCUT2D eigenvalue weighted by molar-refractivity contribution is 7.91. The van der Waals surface area contributed by atoms with E-state index in [-0.39, 0.29) is 5.56 Å². The highest BCUT2D eigenvalue weighted by Gasteiger charge is 2.24. The summed E-state index contributed by atoms with van der Waals surface area (Å²) in [6.45, 7) is 1.27. The molecule has 0 saturated heterocycles. The zero-order chi connectivity index (χ0) is 13.9. The summed E-state index contributed by atoms with van der Waals surface area (Å²) in [5.41, 5.74) is 0.0890. The van der Waals surface area contributed by atoms with Crippen molar-refractivity contribution < 1.29 is 27.1 Å². The molecular formula is C11H12F2O4S. The number of sulfone groups is 1. The molecular weight excluding hydrogens is 266 g/mol. The Labute approximate surface area is 103 Å². The molecule has 0 aromatic heterocycles. The van der Waals surface area contributed by atoms with Gasteiger partial charge in [0.25, 0.3) is 0 Å². The van der Waals surface area contributed by atoms with Crippen LogP contribution in [0.2, 0.25) is 0 Å². The molecule has 1 N–H and O–H groups in total. The molecule has 7 heteroatoms. The number of carboxylic acids is 1. The van der Waals surface area contributed by atoms with Gasteiger partial charge in [0.2, 0.25) is 0 Å². The maximum Gasteiger partial charge on any atom is 0.304 e. The lowest BCUT2D eigenvalue weighted by molar-refractivity contribution is -0.136. The van der Waals surface area contributed by atoms with E-state index < -0.39 is 44.9 Å². The maximum absolute atomic E-state index is 12.9. The molecule has 0 amide bonds. The van der Waals surface area contributed by atoms with Gasteiger partial charge in [0, 0.05) is 0 Å². The van der Waals surface area contributed by atoms with Crippen molar-refractivity contribution in [3.8, 4) is 0 Å². The van der Waals surface area contributed by atoms with Crippen molar-refractivity contribution in [2.75, 3.05) is 0 Å². The lowest BCUT2D eigenvalue weighted by atomic mass is 10.2. The first-order chi connectivity index (χ1) is 8.22. The van der Waals surface area contributed by atoms with E-state index in [0.29, 0.717) is 0 Å². The molecule has 1 aromatic carbocycles. The van der Waals surface area contributed by atoms with E-state index in [9.17, 15) is 22.0 Å². The summed E-state index contributed by atoms with van der Waals surface area (Å²) in [6.07, 6.45) is -0.522. The van der Waals surface area contributed by atoms with E-state index in [2.05, 4.69) is 0 Å². The maximum atomic E-state index is 12.9. The Morgan fingerprint density at radius 1 is 1.33 bits per heavy atom. The number of halogens is 2. The molecule has 4 nitrogen and oxygen atoms in total. The van der Waals surface area contributed by atoms with E-state index in [0.717, 1.165) is 18.2 Å². The first-order valence-electron chi connectivity index (χ1n) is 5.09. The first kappa shape index (κ1) is 14.6. The monoisotopic (exact) mass is 278 g/mol. The number of hydrogen-bond acceptors (Lipinski definition) is 3. The molecule has 0 fully saturated rings. The van der Waals surface area contributed by atoms with Crippen molar-refractivity contribution in [2.24, 2.45) is 0 Å². The van der Waals surface area contributed by atoms with Gasteiger partial charge in [-0.05, 0) is 24.6 Å². The molecule has 0 bridgehead atoms. The molecule has 18 heavy (non-hydrogen) atoms. The van der Waals surface area contributed by atoms with Gasteiger partial charge in [0.05, 0.1) is 17.4 Å². The second-order valence-corrected chi connectivity index (χ2v) is 6.38. The van der Waals surface area contributed by atoms with Crippen LogP contribution in [0.25, 0.3) is 0 Å². The minimum absolute atomic E-state index is 0.0890. The van der Waals surface area contributed by atoms with Gasteiger partial charge in [-0.25, -0.2) is 17.2 Å². The molecule has 1 rings (SSSR count). The van der Waals surface area contributed by atoms with Crippen LogP contribution in [-0.4, -0.2) is 24.7 Å². The second kappa shape index (κ2) is 5.43. The summed E-state index contributed by atoms with van der Waals surface area (Å²) < 4.78 is 49.1. The van der Waals surface area contributed by atoms with Crippen LogP contribution in [0.4, 0.5) is 8.78 Å². The zero-order valence-electron chi connectivity index (χ0n) is 9.56. The normalized spacial score (nSPS) is 13.3. The van der Waals surface area contributed by atoms with Gasteiger partial charge >= 0.3 is 5.97 Å². The quantitative estimate of drug-likeness (QED) is 0.890. The minimum Gasteiger partial charge on any atom is -0.481 e. The highest BCUT2D eigenvalue weighted by Crippen LogP contribution is 2.16. The van der Waals surface area contributed by atoms with Crippen LogP contribution in [0.3, 0.4) is 0 Å². The molecule has 0 aliphatic carbocycles. The fraction of sp³-hybridized carbons (Fsp3) is 0.364. The van der Waals surface area contributed by atoms with Crippen molar-refractivity contribution in [3.63, 3.8) is 0 Å². The summed E-state index contributed by atoms with van der Waals surface area (Å²) in [5.74, 6) is -3.93. The number of hydrogen-bond donors (Lipinski definition) is 1. The topological polar surface area (TPSA) is 71.4 Å². The van der Waals surface area contributed by atoms with Gasteiger partial charge < -0.3 is 5.11 Å². The average molecular weight is 278 g/mol. The molecule has 0 heterocycles. The Bertz CT molecular complexity index is 554. The van der Waals surface area contributed by atoms with Crippen LogP contribution in [0.15, 0.2) is 18.2 Å². The van der Waals surface area contributed by atoms with Crippen molar-refractivity contribution in [2.45, 2.75) is 24.3 Å². The fourth-order valence-corrected chi connectivity index (χ4v) is 2.70. The van der Waals surface area contributed by atoms with Crippen LogP contribution < -0.4 is 0 Å². The number of rotatable bonds is 5. The predicted octanol–water partition coefficient (Wildman–Crippen LogP) is 1.74. The van der Waals surface area contributed by atoms with Crippen LogP contribution in [0.5, 0.6) is 0 Å². The van der Waals surface area contributed by atoms with Crippen molar-refractivity contribution >= 4 is 15.8 Å². The fourth-order valence-electron chi connectivity index (χ4n) is 1.38. The number of benzene rings is 1. The van der Waals surface area contributed by atoms with Crippen LogP contribution in [0.1, 0.15) is 18.9 Å². The smallest absolute Gasteiger partial charge is 0.304 e. The van der Waals surface area contributed by atoms with E-state index in [1.165, 1.54) is 6.92 Å². The minimum atomic E-state index is -3.71. The van der Waals surface area contributed by atoms with Gasteiger partial charge in [-0.1, -0.05) is 6.07 Å². The van der Waals surface area contributed by atoms with Crippen LogP contribution in [0, 0.1) is 11.6 Å². The number of carbonyl (C=O) groups is 1. The molecule has 1 aromatic rings. The molecule has 0 aliphatic rings. The highest BCUT2D eigenvalue weighted by atomic mass is 32.2. The van der Waals surface area contributed by atoms with Gasteiger partial charge in [0.15, 0.2) is 21.5 Å². The van der Waals surface area contributed by atoms with Crippen molar-refractivity contribution in [1.82, 2.24) is 0 Å². The first-order valence-corrected chi connectivity index (χ1v) is 6.81. The summed E-state index contributed by atoms with van der Waals surface area (Å²) >= 11 is 0. The van der Waals surface area contributed by atoms with E-state index in [4.69, 9.17) is 5.11 Å². The second-order valence-electron chi connectivity index (χ2n) is 3.96. The Balaban J connectivity index is 2.88. The predicted molar refractivity (Wildman–Crippen MR) is 60.7 cm³/mol. The third kappa shape index (κ3) is 3.76. The Kier molecular flexibility index (Phi) is 4.39. The number of carboxylic acid groups (broad SMARTS) is 1. The van der Waals surface area contributed by atoms with Crippen LogP contribution >= 0.6 is 0 Å². The molecule has 100 valence electrons. The third-order valence-corrected chi connectivity index (χ3v) is 4.56. The standard InChI is InChI=1S/C11H12F2O4S/c1-7(4-11(14)15)18(16,17)6-8-2-3-9(12)10(13)5-8/h2-3,5,7H,4,6H2,1H3,(H,14,15). The summed E-state index contributed by atoms with van der Waals surface area (Å²) in [6, 6.07) is 2.78. The van der Waals surface area contributed by atoms with Gasteiger partial charge in [0.1, 0.15) is 0 Å². The van der Waals surface area contributed by atoms with E-state index >= 15 is 0 Å². The SMILES string of the molecule is CC(CC(=O)O)S(=O)(=O)Cc1ccc(F)c(F)c1. The van der Waals surface area contributed by atoms with Gasteiger partial charge in [-0.3, -0.25) is 4.79 Å². The summed E-state index contributed by atoms with van der Waals surface area (Å²) in [4.78, 5) is 10.4. The largest absolute Gasteiger partial charge is 0.481 e. The molecule has 1 atom stereocenters. The van der Waals surface area contributed by atoms with E-state index in [1.807, 2.05) is 0 Å². The van der Waals surface area contributed by atoms with Gasteiger partial charge in [-0.15, -0.1) is 0 Å². The zero-order valence-corrected chi connectivity index (χ0v) is 10.4. The molecule has 0 radical (unpaired) electrons. The Morgan fingerprint density at radius 2 is 1.94 bits per heavy atom. The summed E-state index contributed by atoms with van der Waals surface area (Å²) in [7, 11) is -3.71. The summed E-state index contributed by atoms with van der Waals surface area (Å²) in [5, 5.41) is 7.44. The van der Waals surface area contributed by atoms with E-state index in [1.54, 1.807) is 0 Å². The van der Waals surface area contributed by atoms with Crippen molar-refractivity contribution in [1.29, 1.82) is 0 Å². The Hall–Kier alpha value is -1.50. The lowest BCUT2D eigenvalue weighted by Gasteiger charge is -2.10. The third-order valence-electron chi connectivity index (χ3n) is 2.43. The average Bonchev–Trinajstić information content (AvgIpc) is 2.22. The van der Waals surface area contributed by atoms with Crippen molar-refractivity contribution in [3.05, 3.63) is 35.4 Å². The lowest BCUT2D eigenvalue weighted by Crippen LogP contribution is -2.22. The molecule has 0 saturated carbocycles. The molecule has 0 spiro atoms. The molecule has 0 aliphatic heterocycles. The van der Waals surface area contributed by atoms with Gasteiger partial charge in [-0.2, -0.15) is 0 Å². The Morgan fingerprint density at radius 3 is 2.44 bits per heavy atom. The van der Waals surface area contributed by atoms with Crippen LogP contribution in [-0.2, 0) is 20.4 Å².